The van der Waals surface area contributed by atoms with Crippen molar-refractivity contribution in [2.24, 2.45) is 0 Å². The SMILES string of the molecule is CC(=O)Nc1cc(NC(=O)c2sc3cc(F)ccc3c2Cl)ccc1C. The zero-order chi connectivity index (χ0) is 18.1. The molecule has 0 bridgehead atoms. The van der Waals surface area contributed by atoms with Crippen molar-refractivity contribution < 1.29 is 14.0 Å². The lowest BCUT2D eigenvalue weighted by Crippen LogP contribution is -2.12. The number of nitrogens with one attached hydrogen (secondary N) is 2. The van der Waals surface area contributed by atoms with Crippen molar-refractivity contribution in [1.29, 1.82) is 0 Å². The summed E-state index contributed by atoms with van der Waals surface area (Å²) in [7, 11) is 0. The fraction of sp³-hybridized carbons (Fsp3) is 0.111. The predicted octanol–water partition coefficient (Wildman–Crippen LogP) is 5.21. The highest BCUT2D eigenvalue weighted by molar-refractivity contribution is 7.21. The third-order valence-electron chi connectivity index (χ3n) is 3.60. The van der Waals surface area contributed by atoms with Crippen LogP contribution in [0.2, 0.25) is 5.02 Å². The molecule has 0 saturated heterocycles. The monoisotopic (exact) mass is 376 g/mol. The summed E-state index contributed by atoms with van der Waals surface area (Å²) in [4.78, 5) is 24.1. The summed E-state index contributed by atoms with van der Waals surface area (Å²) in [5.74, 6) is -0.957. The molecule has 0 unspecified atom stereocenters. The van der Waals surface area contributed by atoms with E-state index in [9.17, 15) is 14.0 Å². The van der Waals surface area contributed by atoms with Crippen molar-refractivity contribution in [2.45, 2.75) is 13.8 Å². The van der Waals surface area contributed by atoms with Crippen molar-refractivity contribution in [3.05, 3.63) is 57.7 Å². The average Bonchev–Trinajstić information content (AvgIpc) is 2.86. The number of amides is 2. The second-order valence-electron chi connectivity index (χ2n) is 5.55. The van der Waals surface area contributed by atoms with Gasteiger partial charge in [-0.2, -0.15) is 0 Å². The molecule has 0 aliphatic rings. The molecule has 2 N–H and O–H groups in total. The first-order valence-corrected chi connectivity index (χ1v) is 8.61. The molecule has 0 fully saturated rings. The van der Waals surface area contributed by atoms with E-state index < -0.39 is 0 Å². The van der Waals surface area contributed by atoms with Gasteiger partial charge in [-0.15, -0.1) is 11.3 Å². The van der Waals surface area contributed by atoms with Gasteiger partial charge in [0.2, 0.25) is 5.91 Å². The molecule has 7 heteroatoms. The molecule has 3 aromatic rings. The fourth-order valence-corrected chi connectivity index (χ4v) is 3.83. The van der Waals surface area contributed by atoms with Crippen molar-refractivity contribution >= 4 is 56.2 Å². The van der Waals surface area contributed by atoms with Gasteiger partial charge >= 0.3 is 0 Å². The molecule has 2 aromatic carbocycles. The lowest BCUT2D eigenvalue weighted by Gasteiger charge is -2.10. The van der Waals surface area contributed by atoms with Crippen LogP contribution in [0.15, 0.2) is 36.4 Å². The van der Waals surface area contributed by atoms with Crippen molar-refractivity contribution in [2.75, 3.05) is 10.6 Å². The van der Waals surface area contributed by atoms with Crippen molar-refractivity contribution in [3.63, 3.8) is 0 Å². The standard InChI is InChI=1S/C18H14ClFN2O2S/c1-9-3-5-12(8-14(9)21-10(2)23)22-18(24)17-16(19)13-6-4-11(20)7-15(13)25-17/h3-8H,1-2H3,(H,21,23)(H,22,24). The highest BCUT2D eigenvalue weighted by Crippen LogP contribution is 2.36. The highest BCUT2D eigenvalue weighted by atomic mass is 35.5. The van der Waals surface area contributed by atoms with E-state index in [1.165, 1.54) is 19.1 Å². The summed E-state index contributed by atoms with van der Waals surface area (Å²) in [5.41, 5.74) is 2.03. The summed E-state index contributed by atoms with van der Waals surface area (Å²) in [6, 6.07) is 9.42. The number of anilines is 2. The van der Waals surface area contributed by atoms with Crippen LogP contribution in [0.4, 0.5) is 15.8 Å². The van der Waals surface area contributed by atoms with Crippen molar-refractivity contribution in [1.82, 2.24) is 0 Å². The van der Waals surface area contributed by atoms with Crippen LogP contribution in [0.5, 0.6) is 0 Å². The third-order valence-corrected chi connectivity index (χ3v) is 5.26. The van der Waals surface area contributed by atoms with Gasteiger partial charge in [0.05, 0.1) is 5.02 Å². The van der Waals surface area contributed by atoms with Gasteiger partial charge in [0.1, 0.15) is 10.7 Å². The third kappa shape index (κ3) is 3.65. The number of benzene rings is 2. The van der Waals surface area contributed by atoms with Gasteiger partial charge < -0.3 is 10.6 Å². The number of thiophene rings is 1. The van der Waals surface area contributed by atoms with Gasteiger partial charge in [0.25, 0.3) is 5.91 Å². The molecule has 3 rings (SSSR count). The van der Waals surface area contributed by atoms with Gasteiger partial charge in [0.15, 0.2) is 0 Å². The zero-order valence-corrected chi connectivity index (χ0v) is 15.0. The number of hydrogen-bond donors (Lipinski definition) is 2. The second kappa shape index (κ2) is 6.82. The maximum atomic E-state index is 13.3. The Balaban J connectivity index is 1.90. The maximum Gasteiger partial charge on any atom is 0.267 e. The Morgan fingerprint density at radius 2 is 1.88 bits per heavy atom. The Morgan fingerprint density at radius 1 is 1.12 bits per heavy atom. The number of fused-ring (bicyclic) bond motifs is 1. The Bertz CT molecular complexity index is 1000. The van der Waals surface area contributed by atoms with E-state index in [2.05, 4.69) is 10.6 Å². The minimum Gasteiger partial charge on any atom is -0.326 e. The molecule has 128 valence electrons. The summed E-state index contributed by atoms with van der Waals surface area (Å²) >= 11 is 7.40. The molecule has 4 nitrogen and oxygen atoms in total. The van der Waals surface area contributed by atoms with E-state index in [0.717, 1.165) is 16.9 Å². The zero-order valence-electron chi connectivity index (χ0n) is 13.4. The van der Waals surface area contributed by atoms with Gasteiger partial charge in [-0.1, -0.05) is 17.7 Å². The van der Waals surface area contributed by atoms with E-state index >= 15 is 0 Å². The minimum atomic E-state index is -0.385. The maximum absolute atomic E-state index is 13.3. The molecule has 0 atom stereocenters. The molecule has 2 amide bonds. The summed E-state index contributed by atoms with van der Waals surface area (Å²) in [6.07, 6.45) is 0. The largest absolute Gasteiger partial charge is 0.326 e. The molecule has 0 saturated carbocycles. The van der Waals surface area contributed by atoms with Gasteiger partial charge in [-0.3, -0.25) is 9.59 Å². The quantitative estimate of drug-likeness (QED) is 0.659. The second-order valence-corrected chi connectivity index (χ2v) is 6.98. The van der Waals surface area contributed by atoms with Crippen LogP contribution in [0.25, 0.3) is 10.1 Å². The van der Waals surface area contributed by atoms with E-state index in [1.54, 1.807) is 24.3 Å². The first-order valence-electron chi connectivity index (χ1n) is 7.42. The molecular weight excluding hydrogens is 363 g/mol. The van der Waals surface area contributed by atoms with Crippen LogP contribution < -0.4 is 10.6 Å². The lowest BCUT2D eigenvalue weighted by molar-refractivity contribution is -0.114. The minimum absolute atomic E-state index is 0.193. The van der Waals surface area contributed by atoms with Crippen LogP contribution in [-0.4, -0.2) is 11.8 Å². The lowest BCUT2D eigenvalue weighted by atomic mass is 10.1. The van der Waals surface area contributed by atoms with Gasteiger partial charge in [0, 0.05) is 28.4 Å². The molecule has 0 spiro atoms. The normalized spacial score (nSPS) is 10.7. The number of carbonyl (C=O) groups excluding carboxylic acids is 2. The van der Waals surface area contributed by atoms with E-state index in [0.29, 0.717) is 31.4 Å². The summed E-state index contributed by atoms with van der Waals surface area (Å²) in [5, 5.41) is 6.41. The molecule has 1 heterocycles. The number of aryl methyl sites for hydroxylation is 1. The molecular formula is C18H14ClFN2O2S. The van der Waals surface area contributed by atoms with Gasteiger partial charge in [-0.25, -0.2) is 4.39 Å². The van der Waals surface area contributed by atoms with E-state index in [4.69, 9.17) is 11.6 Å². The highest BCUT2D eigenvalue weighted by Gasteiger charge is 2.18. The number of hydrogen-bond acceptors (Lipinski definition) is 3. The predicted molar refractivity (Wildman–Crippen MR) is 100 cm³/mol. The van der Waals surface area contributed by atoms with Crippen molar-refractivity contribution in [3.8, 4) is 0 Å². The molecule has 0 aliphatic carbocycles. The Kier molecular flexibility index (Phi) is 4.74. The Morgan fingerprint density at radius 3 is 2.60 bits per heavy atom. The smallest absolute Gasteiger partial charge is 0.267 e. The van der Waals surface area contributed by atoms with E-state index in [1.807, 2.05) is 6.92 Å². The van der Waals surface area contributed by atoms with Crippen LogP contribution in [0, 0.1) is 12.7 Å². The van der Waals surface area contributed by atoms with Crippen LogP contribution >= 0.6 is 22.9 Å². The first kappa shape index (κ1) is 17.4. The van der Waals surface area contributed by atoms with E-state index in [-0.39, 0.29) is 17.6 Å². The van der Waals surface area contributed by atoms with Gasteiger partial charge in [-0.05, 0) is 42.8 Å². The first-order chi connectivity index (χ1) is 11.8. The number of carbonyl (C=O) groups is 2. The van der Waals surface area contributed by atoms with Crippen LogP contribution in [0.1, 0.15) is 22.2 Å². The summed E-state index contributed by atoms with van der Waals surface area (Å²) in [6.45, 7) is 3.27. The number of halogens is 2. The molecule has 1 aromatic heterocycles. The average molecular weight is 377 g/mol. The molecule has 25 heavy (non-hydrogen) atoms. The van der Waals surface area contributed by atoms with Crippen LogP contribution in [-0.2, 0) is 4.79 Å². The summed E-state index contributed by atoms with van der Waals surface area (Å²) < 4.78 is 13.9. The molecule has 0 radical (unpaired) electrons. The van der Waals surface area contributed by atoms with Crippen LogP contribution in [0.3, 0.4) is 0 Å². The topological polar surface area (TPSA) is 58.2 Å². The number of rotatable bonds is 3. The Hall–Kier alpha value is -2.44. The Labute approximate surface area is 152 Å². The fourth-order valence-electron chi connectivity index (χ4n) is 2.40. The molecule has 0 aliphatic heterocycles.